The van der Waals surface area contributed by atoms with Crippen molar-refractivity contribution in [3.63, 3.8) is 0 Å². The molecule has 0 saturated heterocycles. The van der Waals surface area contributed by atoms with E-state index in [9.17, 15) is 0 Å². The molecular weight excluding hydrogens is 268 g/mol. The van der Waals surface area contributed by atoms with E-state index in [2.05, 4.69) is 30.9 Å². The van der Waals surface area contributed by atoms with Crippen molar-refractivity contribution in [2.24, 2.45) is 0 Å². The number of rotatable bonds is 1. The molecular formula is C11H7BrN4. The van der Waals surface area contributed by atoms with E-state index in [-0.39, 0.29) is 0 Å². The highest BCUT2D eigenvalue weighted by molar-refractivity contribution is 9.10. The number of imidazole rings is 1. The van der Waals surface area contributed by atoms with E-state index in [0.717, 1.165) is 21.5 Å². The van der Waals surface area contributed by atoms with Crippen molar-refractivity contribution in [1.29, 1.82) is 0 Å². The van der Waals surface area contributed by atoms with E-state index < -0.39 is 0 Å². The van der Waals surface area contributed by atoms with Gasteiger partial charge in [0.25, 0.3) is 0 Å². The van der Waals surface area contributed by atoms with E-state index in [4.69, 9.17) is 0 Å². The van der Waals surface area contributed by atoms with Crippen molar-refractivity contribution < 1.29 is 0 Å². The summed E-state index contributed by atoms with van der Waals surface area (Å²) in [4.78, 5) is 12.7. The minimum Gasteiger partial charge on any atom is -0.305 e. The average Bonchev–Trinajstić information content (AvgIpc) is 2.73. The zero-order valence-corrected chi connectivity index (χ0v) is 9.79. The van der Waals surface area contributed by atoms with Crippen LogP contribution in [0.1, 0.15) is 0 Å². The molecule has 4 nitrogen and oxygen atoms in total. The van der Waals surface area contributed by atoms with Gasteiger partial charge in [-0.3, -0.25) is 9.97 Å². The Labute approximate surface area is 100 Å². The maximum absolute atomic E-state index is 4.46. The minimum absolute atomic E-state index is 0.780. The van der Waals surface area contributed by atoms with Crippen molar-refractivity contribution in [3.8, 4) is 11.4 Å². The Hall–Kier alpha value is -1.75. The smallest absolute Gasteiger partial charge is 0.137 e. The van der Waals surface area contributed by atoms with Gasteiger partial charge in [0.2, 0.25) is 0 Å². The van der Waals surface area contributed by atoms with E-state index in [0.29, 0.717) is 0 Å². The third-order valence-electron chi connectivity index (χ3n) is 2.24. The maximum atomic E-state index is 4.46. The zero-order valence-electron chi connectivity index (χ0n) is 8.21. The van der Waals surface area contributed by atoms with Crippen molar-refractivity contribution >= 4 is 21.6 Å². The van der Waals surface area contributed by atoms with Gasteiger partial charge < -0.3 is 4.40 Å². The summed E-state index contributed by atoms with van der Waals surface area (Å²) in [5.74, 6) is 0. The fourth-order valence-corrected chi connectivity index (χ4v) is 1.87. The number of nitrogens with zero attached hydrogens (tertiary/aromatic N) is 4. The highest BCUT2D eigenvalue weighted by Crippen LogP contribution is 2.17. The fraction of sp³-hybridized carbons (Fsp3) is 0. The molecule has 0 aromatic carbocycles. The molecule has 0 fully saturated rings. The second kappa shape index (κ2) is 3.68. The van der Waals surface area contributed by atoms with Crippen LogP contribution in [-0.4, -0.2) is 19.4 Å². The van der Waals surface area contributed by atoms with Gasteiger partial charge in [-0.05, 0) is 28.1 Å². The van der Waals surface area contributed by atoms with Crippen LogP contribution in [-0.2, 0) is 0 Å². The Morgan fingerprint density at radius 2 is 2.00 bits per heavy atom. The Bertz CT molecular complexity index is 633. The lowest BCUT2D eigenvalue weighted by Gasteiger charge is -1.91. The topological polar surface area (TPSA) is 43.1 Å². The molecule has 0 N–H and O–H groups in total. The van der Waals surface area contributed by atoms with E-state index in [1.54, 1.807) is 18.6 Å². The molecule has 16 heavy (non-hydrogen) atoms. The number of pyridine rings is 1. The van der Waals surface area contributed by atoms with E-state index in [1.807, 2.05) is 28.9 Å². The van der Waals surface area contributed by atoms with Gasteiger partial charge in [-0.25, -0.2) is 4.98 Å². The normalized spacial score (nSPS) is 10.8. The molecule has 3 rings (SSSR count). The first-order chi connectivity index (χ1) is 7.83. The summed E-state index contributed by atoms with van der Waals surface area (Å²) in [6, 6.07) is 3.91. The van der Waals surface area contributed by atoms with Crippen molar-refractivity contribution in [2.75, 3.05) is 0 Å². The van der Waals surface area contributed by atoms with Gasteiger partial charge in [-0.15, -0.1) is 0 Å². The molecule has 0 bridgehead atoms. The molecule has 3 heterocycles. The highest BCUT2D eigenvalue weighted by atomic mass is 79.9. The summed E-state index contributed by atoms with van der Waals surface area (Å²) in [6.45, 7) is 0. The summed E-state index contributed by atoms with van der Waals surface area (Å²) in [6.07, 6.45) is 8.91. The molecule has 0 radical (unpaired) electrons. The SMILES string of the molecule is Brc1ccc2nc(-c3cnccn3)cn2c1. The molecule has 5 heteroatoms. The summed E-state index contributed by atoms with van der Waals surface area (Å²) >= 11 is 3.42. The molecule has 0 aliphatic rings. The second-order valence-electron chi connectivity index (χ2n) is 3.33. The first-order valence-corrected chi connectivity index (χ1v) is 5.53. The van der Waals surface area contributed by atoms with Crippen molar-refractivity contribution in [2.45, 2.75) is 0 Å². The lowest BCUT2D eigenvalue weighted by atomic mass is 10.3. The monoisotopic (exact) mass is 274 g/mol. The maximum Gasteiger partial charge on any atom is 0.137 e. The first-order valence-electron chi connectivity index (χ1n) is 4.73. The molecule has 0 aliphatic heterocycles. The molecule has 3 aromatic rings. The van der Waals surface area contributed by atoms with Gasteiger partial charge in [0.1, 0.15) is 17.0 Å². The van der Waals surface area contributed by atoms with Gasteiger partial charge in [-0.2, -0.15) is 0 Å². The predicted molar refractivity (Wildman–Crippen MR) is 63.9 cm³/mol. The van der Waals surface area contributed by atoms with Gasteiger partial charge >= 0.3 is 0 Å². The molecule has 3 aromatic heterocycles. The zero-order chi connectivity index (χ0) is 11.0. The van der Waals surface area contributed by atoms with Gasteiger partial charge in [0.05, 0.1) is 6.20 Å². The van der Waals surface area contributed by atoms with Crippen LogP contribution in [0.15, 0.2) is 47.6 Å². The number of hydrogen-bond acceptors (Lipinski definition) is 3. The van der Waals surface area contributed by atoms with Crippen molar-refractivity contribution in [3.05, 3.63) is 47.6 Å². The summed E-state index contributed by atoms with van der Waals surface area (Å²) in [7, 11) is 0. The van der Waals surface area contributed by atoms with Crippen LogP contribution in [0.25, 0.3) is 17.0 Å². The Balaban J connectivity index is 2.19. The van der Waals surface area contributed by atoms with Crippen LogP contribution in [0.5, 0.6) is 0 Å². The Morgan fingerprint density at radius 1 is 1.06 bits per heavy atom. The molecule has 0 aliphatic carbocycles. The largest absolute Gasteiger partial charge is 0.305 e. The second-order valence-corrected chi connectivity index (χ2v) is 4.25. The first kappa shape index (κ1) is 9.47. The van der Waals surface area contributed by atoms with Gasteiger partial charge in [0.15, 0.2) is 0 Å². The standard InChI is InChI=1S/C11H7BrN4/c12-8-1-2-11-15-10(7-16(11)6-8)9-5-13-3-4-14-9/h1-7H. The minimum atomic E-state index is 0.780. The van der Waals surface area contributed by atoms with Crippen LogP contribution in [0.4, 0.5) is 0 Å². The van der Waals surface area contributed by atoms with Crippen molar-refractivity contribution in [1.82, 2.24) is 19.4 Å². The molecule has 0 saturated carbocycles. The van der Waals surface area contributed by atoms with E-state index in [1.165, 1.54) is 0 Å². The third-order valence-corrected chi connectivity index (χ3v) is 2.71. The lowest BCUT2D eigenvalue weighted by molar-refractivity contribution is 1.17. The number of aromatic nitrogens is 4. The molecule has 0 atom stereocenters. The van der Waals surface area contributed by atoms with Crippen LogP contribution in [0.2, 0.25) is 0 Å². The summed E-state index contributed by atoms with van der Waals surface area (Å²) < 4.78 is 2.97. The molecule has 78 valence electrons. The number of hydrogen-bond donors (Lipinski definition) is 0. The highest BCUT2D eigenvalue weighted by Gasteiger charge is 2.05. The Morgan fingerprint density at radius 3 is 2.81 bits per heavy atom. The molecule has 0 unspecified atom stereocenters. The van der Waals surface area contributed by atoms with Crippen LogP contribution in [0, 0.1) is 0 Å². The van der Waals surface area contributed by atoms with Gasteiger partial charge in [0, 0.05) is 29.3 Å². The quantitative estimate of drug-likeness (QED) is 0.685. The Kier molecular flexibility index (Phi) is 2.18. The average molecular weight is 275 g/mol. The van der Waals surface area contributed by atoms with Crippen LogP contribution >= 0.6 is 15.9 Å². The number of halogens is 1. The number of fused-ring (bicyclic) bond motifs is 1. The molecule has 0 amide bonds. The van der Waals surface area contributed by atoms with Crippen LogP contribution < -0.4 is 0 Å². The predicted octanol–water partition coefficient (Wildman–Crippen LogP) is 2.55. The molecule has 0 spiro atoms. The van der Waals surface area contributed by atoms with E-state index >= 15 is 0 Å². The summed E-state index contributed by atoms with van der Waals surface area (Å²) in [5, 5.41) is 0. The fourth-order valence-electron chi connectivity index (χ4n) is 1.52. The summed E-state index contributed by atoms with van der Waals surface area (Å²) in [5.41, 5.74) is 2.50. The van der Waals surface area contributed by atoms with Crippen LogP contribution in [0.3, 0.4) is 0 Å². The lowest BCUT2D eigenvalue weighted by Crippen LogP contribution is -1.82. The third kappa shape index (κ3) is 1.59. The van der Waals surface area contributed by atoms with Gasteiger partial charge in [-0.1, -0.05) is 0 Å².